The first-order chi connectivity index (χ1) is 12.0. The first-order valence-electron chi connectivity index (χ1n) is 7.70. The van der Waals surface area contributed by atoms with Crippen LogP contribution >= 0.6 is 0 Å². The molecule has 0 bridgehead atoms. The fourth-order valence-corrected chi connectivity index (χ4v) is 2.14. The molecule has 0 radical (unpaired) electrons. The molecule has 0 aliphatic heterocycles. The average molecular weight is 350 g/mol. The standard InChI is InChI=1S/C18H17F3N2O2/c19-13-7-8-14(16(21)10-13)18(25)22-9-3-6-17(24)23-11-12-4-1-2-5-15(12)20/h1-2,4-5,7-8,10H,3,6,9,11H2,(H,22,25)(H,23,24). The SMILES string of the molecule is O=C(CCCNC(=O)c1ccc(F)cc1F)NCc1ccccc1F. The molecule has 7 heteroatoms. The van der Waals surface area contributed by atoms with E-state index in [1.807, 2.05) is 0 Å². The zero-order valence-corrected chi connectivity index (χ0v) is 13.3. The van der Waals surface area contributed by atoms with Crippen LogP contribution in [-0.4, -0.2) is 18.4 Å². The van der Waals surface area contributed by atoms with Crippen molar-refractivity contribution in [1.29, 1.82) is 0 Å². The summed E-state index contributed by atoms with van der Waals surface area (Å²) in [5.74, 6) is -3.06. The Labute approximate surface area is 143 Å². The van der Waals surface area contributed by atoms with Crippen LogP contribution in [0.4, 0.5) is 13.2 Å². The van der Waals surface area contributed by atoms with Crippen molar-refractivity contribution in [2.24, 2.45) is 0 Å². The molecule has 0 aromatic heterocycles. The molecule has 0 unspecified atom stereocenters. The van der Waals surface area contributed by atoms with Crippen molar-refractivity contribution in [3.05, 3.63) is 71.0 Å². The summed E-state index contributed by atoms with van der Waals surface area (Å²) < 4.78 is 39.6. The monoisotopic (exact) mass is 350 g/mol. The van der Waals surface area contributed by atoms with E-state index in [0.29, 0.717) is 18.1 Å². The van der Waals surface area contributed by atoms with Gasteiger partial charge < -0.3 is 10.6 Å². The Morgan fingerprint density at radius 3 is 2.40 bits per heavy atom. The van der Waals surface area contributed by atoms with E-state index in [9.17, 15) is 22.8 Å². The van der Waals surface area contributed by atoms with Crippen LogP contribution in [0.2, 0.25) is 0 Å². The summed E-state index contributed by atoms with van der Waals surface area (Å²) in [4.78, 5) is 23.4. The van der Waals surface area contributed by atoms with Gasteiger partial charge in [-0.15, -0.1) is 0 Å². The van der Waals surface area contributed by atoms with Crippen LogP contribution in [0.1, 0.15) is 28.8 Å². The van der Waals surface area contributed by atoms with Crippen molar-refractivity contribution < 1.29 is 22.8 Å². The lowest BCUT2D eigenvalue weighted by molar-refractivity contribution is -0.121. The highest BCUT2D eigenvalue weighted by Crippen LogP contribution is 2.09. The lowest BCUT2D eigenvalue weighted by Crippen LogP contribution is -2.28. The van der Waals surface area contributed by atoms with Crippen LogP contribution in [0.5, 0.6) is 0 Å². The summed E-state index contributed by atoms with van der Waals surface area (Å²) >= 11 is 0. The summed E-state index contributed by atoms with van der Waals surface area (Å²) in [6.45, 7) is 0.238. The first kappa shape index (κ1) is 18.5. The van der Waals surface area contributed by atoms with Crippen LogP contribution in [0.15, 0.2) is 42.5 Å². The quantitative estimate of drug-likeness (QED) is 0.755. The van der Waals surface area contributed by atoms with Gasteiger partial charge in [0.15, 0.2) is 0 Å². The number of halogens is 3. The van der Waals surface area contributed by atoms with E-state index in [2.05, 4.69) is 10.6 Å². The van der Waals surface area contributed by atoms with E-state index in [0.717, 1.165) is 12.1 Å². The van der Waals surface area contributed by atoms with E-state index < -0.39 is 23.4 Å². The summed E-state index contributed by atoms with van der Waals surface area (Å²) in [6.07, 6.45) is 0.457. The zero-order valence-electron chi connectivity index (χ0n) is 13.3. The van der Waals surface area contributed by atoms with Crippen molar-refractivity contribution in [3.63, 3.8) is 0 Å². The molecule has 2 rings (SSSR count). The first-order valence-corrected chi connectivity index (χ1v) is 7.70. The van der Waals surface area contributed by atoms with Gasteiger partial charge in [-0.05, 0) is 24.6 Å². The fraction of sp³-hybridized carbons (Fsp3) is 0.222. The van der Waals surface area contributed by atoms with Crippen LogP contribution in [-0.2, 0) is 11.3 Å². The van der Waals surface area contributed by atoms with Gasteiger partial charge in [-0.2, -0.15) is 0 Å². The van der Waals surface area contributed by atoms with Crippen molar-refractivity contribution in [3.8, 4) is 0 Å². The maximum absolute atomic E-state index is 13.4. The second kappa shape index (κ2) is 8.86. The molecule has 25 heavy (non-hydrogen) atoms. The molecule has 2 amide bonds. The van der Waals surface area contributed by atoms with Gasteiger partial charge in [0.1, 0.15) is 17.5 Å². The van der Waals surface area contributed by atoms with Gasteiger partial charge in [0.2, 0.25) is 5.91 Å². The van der Waals surface area contributed by atoms with Gasteiger partial charge in [0.05, 0.1) is 5.56 Å². The number of nitrogens with one attached hydrogen (secondary N) is 2. The number of rotatable bonds is 7. The molecule has 0 aliphatic rings. The molecular weight excluding hydrogens is 333 g/mol. The third-order valence-electron chi connectivity index (χ3n) is 3.48. The largest absolute Gasteiger partial charge is 0.352 e. The Bertz CT molecular complexity index is 766. The van der Waals surface area contributed by atoms with Gasteiger partial charge in [0.25, 0.3) is 5.91 Å². The average Bonchev–Trinajstić information content (AvgIpc) is 2.58. The molecule has 2 N–H and O–H groups in total. The molecule has 0 atom stereocenters. The molecule has 0 fully saturated rings. The minimum absolute atomic E-state index is 0.0820. The maximum Gasteiger partial charge on any atom is 0.254 e. The molecule has 2 aromatic carbocycles. The Hall–Kier alpha value is -2.83. The number of hydrogen-bond donors (Lipinski definition) is 2. The van der Waals surface area contributed by atoms with Crippen LogP contribution in [0.3, 0.4) is 0 Å². The molecule has 2 aromatic rings. The predicted molar refractivity (Wildman–Crippen MR) is 86.2 cm³/mol. The molecule has 0 spiro atoms. The maximum atomic E-state index is 13.4. The van der Waals surface area contributed by atoms with Gasteiger partial charge in [-0.1, -0.05) is 18.2 Å². The molecule has 0 saturated carbocycles. The zero-order chi connectivity index (χ0) is 18.2. The number of hydrogen-bond acceptors (Lipinski definition) is 2. The Kier molecular flexibility index (Phi) is 6.56. The number of amides is 2. The molecule has 0 aliphatic carbocycles. The van der Waals surface area contributed by atoms with Gasteiger partial charge in [-0.3, -0.25) is 9.59 Å². The number of benzene rings is 2. The van der Waals surface area contributed by atoms with Crippen LogP contribution in [0, 0.1) is 17.5 Å². The van der Waals surface area contributed by atoms with E-state index in [-0.39, 0.29) is 31.0 Å². The topological polar surface area (TPSA) is 58.2 Å². The smallest absolute Gasteiger partial charge is 0.254 e. The summed E-state index contributed by atoms with van der Waals surface area (Å²) in [5, 5.41) is 5.04. The van der Waals surface area contributed by atoms with E-state index >= 15 is 0 Å². The molecular formula is C18H17F3N2O2. The molecule has 4 nitrogen and oxygen atoms in total. The third-order valence-corrected chi connectivity index (χ3v) is 3.48. The van der Waals surface area contributed by atoms with E-state index in [1.165, 1.54) is 6.07 Å². The highest BCUT2D eigenvalue weighted by Gasteiger charge is 2.12. The normalized spacial score (nSPS) is 10.4. The second-order valence-electron chi connectivity index (χ2n) is 5.35. The van der Waals surface area contributed by atoms with Crippen LogP contribution < -0.4 is 10.6 Å². The number of carbonyl (C=O) groups excluding carboxylic acids is 2. The third kappa shape index (κ3) is 5.63. The van der Waals surface area contributed by atoms with Gasteiger partial charge in [0, 0.05) is 31.1 Å². The summed E-state index contributed by atoms with van der Waals surface area (Å²) in [5.41, 5.74) is 0.126. The van der Waals surface area contributed by atoms with Crippen molar-refractivity contribution in [2.75, 3.05) is 6.54 Å². The summed E-state index contributed by atoms with van der Waals surface area (Å²) in [6, 6.07) is 8.81. The minimum atomic E-state index is -0.944. The number of carbonyl (C=O) groups is 2. The van der Waals surface area contributed by atoms with Crippen molar-refractivity contribution in [2.45, 2.75) is 19.4 Å². The highest BCUT2D eigenvalue weighted by atomic mass is 19.1. The molecule has 0 saturated heterocycles. The van der Waals surface area contributed by atoms with E-state index in [1.54, 1.807) is 18.2 Å². The van der Waals surface area contributed by atoms with Crippen LogP contribution in [0.25, 0.3) is 0 Å². The Morgan fingerprint density at radius 1 is 0.920 bits per heavy atom. The van der Waals surface area contributed by atoms with Crippen molar-refractivity contribution in [1.82, 2.24) is 10.6 Å². The van der Waals surface area contributed by atoms with E-state index in [4.69, 9.17) is 0 Å². The predicted octanol–water partition coefficient (Wildman–Crippen LogP) is 2.93. The van der Waals surface area contributed by atoms with Crippen molar-refractivity contribution >= 4 is 11.8 Å². The highest BCUT2D eigenvalue weighted by molar-refractivity contribution is 5.94. The van der Waals surface area contributed by atoms with Gasteiger partial charge >= 0.3 is 0 Å². The lowest BCUT2D eigenvalue weighted by atomic mass is 10.2. The Balaban J connectivity index is 1.69. The minimum Gasteiger partial charge on any atom is -0.352 e. The van der Waals surface area contributed by atoms with Gasteiger partial charge in [-0.25, -0.2) is 13.2 Å². The lowest BCUT2D eigenvalue weighted by Gasteiger charge is -2.08. The second-order valence-corrected chi connectivity index (χ2v) is 5.35. The Morgan fingerprint density at radius 2 is 1.68 bits per heavy atom. The summed E-state index contributed by atoms with van der Waals surface area (Å²) in [7, 11) is 0. The fourth-order valence-electron chi connectivity index (χ4n) is 2.14. The molecule has 0 heterocycles. The molecule has 132 valence electrons.